The van der Waals surface area contributed by atoms with Crippen molar-refractivity contribution in [3.63, 3.8) is 0 Å². The van der Waals surface area contributed by atoms with Gasteiger partial charge in [0.05, 0.1) is 12.4 Å². The molecule has 0 aromatic heterocycles. The van der Waals surface area contributed by atoms with E-state index in [1.165, 1.54) is 20.1 Å². The van der Waals surface area contributed by atoms with Gasteiger partial charge in [-0.2, -0.15) is 0 Å². The Bertz CT molecular complexity index is 1690. The molecule has 0 fully saturated rings. The van der Waals surface area contributed by atoms with Gasteiger partial charge in [0.1, 0.15) is 17.1 Å². The molecule has 0 bridgehead atoms. The highest BCUT2D eigenvalue weighted by Crippen LogP contribution is 2.29. The number of benzene rings is 4. The summed E-state index contributed by atoms with van der Waals surface area (Å²) in [6, 6.07) is 21.6. The van der Waals surface area contributed by atoms with Crippen LogP contribution in [0.2, 0.25) is 0 Å². The van der Waals surface area contributed by atoms with Crippen molar-refractivity contribution in [2.45, 2.75) is 17.1 Å². The first-order chi connectivity index (χ1) is 21.1. The highest BCUT2D eigenvalue weighted by atomic mass is 32.2. The van der Waals surface area contributed by atoms with Crippen LogP contribution in [0.25, 0.3) is 6.08 Å². The fraction of sp³-hybridized carbons (Fsp3) is 0.0938. The Balaban J connectivity index is 1.47. The third-order valence-corrected chi connectivity index (χ3v) is 7.23. The number of halogens is 4. The van der Waals surface area contributed by atoms with E-state index in [2.05, 4.69) is 10.6 Å². The first-order valence-electron chi connectivity index (χ1n) is 13.0. The molecule has 1 atom stereocenters. The molecule has 0 aliphatic rings. The SMILES string of the molecule is COc1ccccc1/C=C(\NC(=O)c1ccccc1)C(=O)Nc1ccc(SC(C)C(=O)Nc2c(F)c(F)cc(F)c2F)cc1. The van der Waals surface area contributed by atoms with Gasteiger partial charge in [0.2, 0.25) is 5.91 Å². The zero-order valence-corrected chi connectivity index (χ0v) is 24.1. The molecule has 4 rings (SSSR count). The summed E-state index contributed by atoms with van der Waals surface area (Å²) in [5.74, 6) is -8.24. The van der Waals surface area contributed by atoms with Crippen LogP contribution in [-0.4, -0.2) is 30.1 Å². The molecule has 4 aromatic rings. The third kappa shape index (κ3) is 7.84. The van der Waals surface area contributed by atoms with Crippen LogP contribution >= 0.6 is 11.8 Å². The topological polar surface area (TPSA) is 96.5 Å². The van der Waals surface area contributed by atoms with E-state index < -0.39 is 51.9 Å². The van der Waals surface area contributed by atoms with Crippen LogP contribution in [0, 0.1) is 23.3 Å². The lowest BCUT2D eigenvalue weighted by molar-refractivity contribution is -0.115. The van der Waals surface area contributed by atoms with Crippen LogP contribution in [0.3, 0.4) is 0 Å². The second kappa shape index (κ2) is 14.4. The number of amides is 3. The number of hydrogen-bond donors (Lipinski definition) is 3. The van der Waals surface area contributed by atoms with E-state index in [9.17, 15) is 31.9 Å². The summed E-state index contributed by atoms with van der Waals surface area (Å²) in [7, 11) is 1.48. The molecule has 3 N–H and O–H groups in total. The van der Waals surface area contributed by atoms with Crippen LogP contribution in [0.4, 0.5) is 28.9 Å². The molecule has 12 heteroatoms. The molecule has 1 unspecified atom stereocenters. The first-order valence-corrected chi connectivity index (χ1v) is 13.9. The van der Waals surface area contributed by atoms with Crippen LogP contribution in [0.15, 0.2) is 95.5 Å². The van der Waals surface area contributed by atoms with Gasteiger partial charge in [-0.3, -0.25) is 14.4 Å². The number of hydrogen-bond acceptors (Lipinski definition) is 5. The van der Waals surface area contributed by atoms with E-state index >= 15 is 0 Å². The van der Waals surface area contributed by atoms with Crippen LogP contribution in [0.1, 0.15) is 22.8 Å². The van der Waals surface area contributed by atoms with Gasteiger partial charge in [-0.25, -0.2) is 17.6 Å². The maximum absolute atomic E-state index is 13.9. The smallest absolute Gasteiger partial charge is 0.272 e. The zero-order chi connectivity index (χ0) is 31.8. The van der Waals surface area contributed by atoms with Crippen LogP contribution in [-0.2, 0) is 9.59 Å². The van der Waals surface area contributed by atoms with E-state index in [1.54, 1.807) is 78.9 Å². The summed E-state index contributed by atoms with van der Waals surface area (Å²) < 4.78 is 60.2. The average molecular weight is 624 g/mol. The second-order valence-corrected chi connectivity index (χ2v) is 10.6. The number of ether oxygens (including phenoxy) is 1. The minimum absolute atomic E-state index is 0.0489. The van der Waals surface area contributed by atoms with Crippen molar-refractivity contribution in [1.82, 2.24) is 5.32 Å². The predicted octanol–water partition coefficient (Wildman–Crippen LogP) is 6.78. The van der Waals surface area contributed by atoms with Crippen LogP contribution < -0.4 is 20.7 Å². The molecular weight excluding hydrogens is 598 g/mol. The Morgan fingerprint density at radius 2 is 1.43 bits per heavy atom. The van der Waals surface area contributed by atoms with Crippen molar-refractivity contribution in [3.8, 4) is 5.75 Å². The van der Waals surface area contributed by atoms with Crippen molar-refractivity contribution in [2.75, 3.05) is 17.7 Å². The van der Waals surface area contributed by atoms with Crippen molar-refractivity contribution in [2.24, 2.45) is 0 Å². The maximum Gasteiger partial charge on any atom is 0.272 e. The molecule has 44 heavy (non-hydrogen) atoms. The monoisotopic (exact) mass is 623 g/mol. The fourth-order valence-electron chi connectivity index (χ4n) is 3.86. The lowest BCUT2D eigenvalue weighted by Crippen LogP contribution is -2.30. The summed E-state index contributed by atoms with van der Waals surface area (Å²) in [6.45, 7) is 1.44. The van der Waals surface area contributed by atoms with E-state index in [0.717, 1.165) is 11.8 Å². The standard InChI is InChI=1S/C32H25F4N3O4S/c1-18(30(40)39-29-27(35)23(33)17-24(34)28(29)36)44-22-14-12-21(13-15-22)37-32(42)25(16-20-10-6-7-11-26(20)43-2)38-31(41)19-8-4-3-5-9-19/h3-18H,1-2H3,(H,37,42)(H,38,41)(H,39,40)/b25-16-. The van der Waals surface area contributed by atoms with E-state index in [-0.39, 0.29) is 11.8 Å². The lowest BCUT2D eigenvalue weighted by atomic mass is 10.1. The molecular formula is C32H25F4N3O4S. The van der Waals surface area contributed by atoms with E-state index in [4.69, 9.17) is 4.74 Å². The first kappa shape index (κ1) is 31.8. The average Bonchev–Trinajstić information content (AvgIpc) is 3.03. The van der Waals surface area contributed by atoms with Gasteiger partial charge >= 0.3 is 0 Å². The lowest BCUT2D eigenvalue weighted by Gasteiger charge is -2.14. The van der Waals surface area contributed by atoms with Gasteiger partial charge in [0, 0.05) is 27.8 Å². The molecule has 0 heterocycles. The summed E-state index contributed by atoms with van der Waals surface area (Å²) >= 11 is 0.997. The summed E-state index contributed by atoms with van der Waals surface area (Å²) in [5, 5.41) is 6.32. The van der Waals surface area contributed by atoms with Crippen molar-refractivity contribution in [1.29, 1.82) is 0 Å². The van der Waals surface area contributed by atoms with Gasteiger partial charge in [-0.1, -0.05) is 36.4 Å². The maximum atomic E-state index is 13.9. The minimum atomic E-state index is -1.71. The number of carbonyl (C=O) groups is 3. The number of anilines is 2. The fourth-order valence-corrected chi connectivity index (χ4v) is 4.73. The summed E-state index contributed by atoms with van der Waals surface area (Å²) in [5.41, 5.74) is -0.0162. The van der Waals surface area contributed by atoms with Crippen molar-refractivity contribution in [3.05, 3.63) is 125 Å². The summed E-state index contributed by atoms with van der Waals surface area (Å²) in [6.07, 6.45) is 1.48. The minimum Gasteiger partial charge on any atom is -0.496 e. The Labute approximate surface area is 254 Å². The summed E-state index contributed by atoms with van der Waals surface area (Å²) in [4.78, 5) is 39.2. The highest BCUT2D eigenvalue weighted by Gasteiger charge is 2.24. The molecule has 226 valence electrons. The Kier molecular flexibility index (Phi) is 10.4. The predicted molar refractivity (Wildman–Crippen MR) is 160 cm³/mol. The Morgan fingerprint density at radius 3 is 2.07 bits per heavy atom. The number of para-hydroxylation sites is 1. The highest BCUT2D eigenvalue weighted by molar-refractivity contribution is 8.00. The van der Waals surface area contributed by atoms with Gasteiger partial charge in [0.25, 0.3) is 11.8 Å². The van der Waals surface area contributed by atoms with E-state index in [1.807, 2.05) is 5.32 Å². The van der Waals surface area contributed by atoms with Gasteiger partial charge in [0.15, 0.2) is 23.3 Å². The zero-order valence-electron chi connectivity index (χ0n) is 23.3. The molecule has 0 saturated carbocycles. The number of methoxy groups -OCH3 is 1. The largest absolute Gasteiger partial charge is 0.496 e. The van der Waals surface area contributed by atoms with Gasteiger partial charge in [-0.05, 0) is 55.5 Å². The van der Waals surface area contributed by atoms with E-state index in [0.29, 0.717) is 27.5 Å². The van der Waals surface area contributed by atoms with Crippen LogP contribution in [0.5, 0.6) is 5.75 Å². The normalized spacial score (nSPS) is 11.8. The molecule has 4 aromatic carbocycles. The molecule has 7 nitrogen and oxygen atoms in total. The van der Waals surface area contributed by atoms with Gasteiger partial charge < -0.3 is 20.7 Å². The number of carbonyl (C=O) groups excluding carboxylic acids is 3. The third-order valence-electron chi connectivity index (χ3n) is 6.12. The van der Waals surface area contributed by atoms with Crippen molar-refractivity contribution < 1.29 is 36.7 Å². The molecule has 0 saturated heterocycles. The molecule has 0 spiro atoms. The number of thioether (sulfide) groups is 1. The molecule has 0 aliphatic heterocycles. The van der Waals surface area contributed by atoms with Gasteiger partial charge in [-0.15, -0.1) is 11.8 Å². The Morgan fingerprint density at radius 1 is 0.818 bits per heavy atom. The second-order valence-electron chi connectivity index (χ2n) is 9.19. The van der Waals surface area contributed by atoms with Crippen molar-refractivity contribution >= 4 is 46.9 Å². The quantitative estimate of drug-likeness (QED) is 0.0784. The molecule has 0 aliphatic carbocycles. The number of nitrogens with one attached hydrogen (secondary N) is 3. The molecule has 0 radical (unpaired) electrons. The Hall–Kier alpha value is -5.10. The molecule has 3 amide bonds. The number of rotatable bonds is 10.